The first-order valence-electron chi connectivity index (χ1n) is 10.1. The first kappa shape index (κ1) is 22.6. The molecule has 0 spiro atoms. The first-order valence-corrected chi connectivity index (χ1v) is 12.0. The molecule has 5 nitrogen and oxygen atoms in total. The van der Waals surface area contributed by atoms with Gasteiger partial charge in [-0.15, -0.1) is 0 Å². The highest BCUT2D eigenvalue weighted by Gasteiger charge is 2.21. The van der Waals surface area contributed by atoms with Crippen LogP contribution in [0, 0.1) is 6.92 Å². The van der Waals surface area contributed by atoms with Crippen molar-refractivity contribution in [2.24, 2.45) is 0 Å². The van der Waals surface area contributed by atoms with E-state index in [1.54, 1.807) is 35.2 Å². The molecule has 0 saturated heterocycles. The number of hydrogen-bond acceptors (Lipinski definition) is 4. The fourth-order valence-electron chi connectivity index (χ4n) is 3.33. The number of ether oxygens (including phenoxy) is 1. The largest absolute Gasteiger partial charge is 0.489 e. The zero-order valence-corrected chi connectivity index (χ0v) is 19.0. The van der Waals surface area contributed by atoms with Crippen LogP contribution in [-0.2, 0) is 16.4 Å². The first-order chi connectivity index (χ1) is 14.6. The minimum absolute atomic E-state index is 0.117. The van der Waals surface area contributed by atoms with E-state index in [0.717, 1.165) is 11.8 Å². The number of amides is 1. The Balaban J connectivity index is 1.81. The van der Waals surface area contributed by atoms with Gasteiger partial charge >= 0.3 is 0 Å². The van der Waals surface area contributed by atoms with Gasteiger partial charge in [-0.3, -0.25) is 4.79 Å². The third kappa shape index (κ3) is 5.73. The van der Waals surface area contributed by atoms with Gasteiger partial charge in [-0.05, 0) is 68.8 Å². The number of anilines is 1. The zero-order valence-electron chi connectivity index (χ0n) is 18.2. The van der Waals surface area contributed by atoms with Crippen molar-refractivity contribution in [3.05, 3.63) is 89.5 Å². The lowest BCUT2D eigenvalue weighted by Crippen LogP contribution is -2.37. The highest BCUT2D eigenvalue weighted by Crippen LogP contribution is 2.24. The Bertz CT molecular complexity index is 1170. The van der Waals surface area contributed by atoms with Gasteiger partial charge < -0.3 is 9.64 Å². The number of aryl methyl sites for hydroxylation is 1. The van der Waals surface area contributed by atoms with Crippen LogP contribution in [0.25, 0.3) is 0 Å². The third-order valence-electron chi connectivity index (χ3n) is 4.85. The molecule has 0 N–H and O–H groups in total. The van der Waals surface area contributed by atoms with E-state index in [0.29, 0.717) is 23.6 Å². The average Bonchev–Trinajstić information content (AvgIpc) is 2.72. The van der Waals surface area contributed by atoms with Crippen LogP contribution in [0.5, 0.6) is 5.75 Å². The highest BCUT2D eigenvalue weighted by molar-refractivity contribution is 7.90. The summed E-state index contributed by atoms with van der Waals surface area (Å²) in [5.74, 6) is 0.437. The molecule has 0 aliphatic heterocycles. The minimum atomic E-state index is -3.30. The Hall–Kier alpha value is -3.12. The quantitative estimate of drug-likeness (QED) is 0.520. The topological polar surface area (TPSA) is 63.7 Å². The van der Waals surface area contributed by atoms with Gasteiger partial charge in [0.15, 0.2) is 9.84 Å². The molecule has 0 aliphatic carbocycles. The van der Waals surface area contributed by atoms with E-state index < -0.39 is 9.84 Å². The SMILES string of the molecule is Cc1cccc(COc2cccc(C(=O)N(c3ccc(S(C)(=O)=O)cc3)C(C)C)c2)c1. The van der Waals surface area contributed by atoms with Crippen molar-refractivity contribution in [2.75, 3.05) is 11.2 Å². The molecule has 0 atom stereocenters. The molecule has 3 rings (SSSR count). The summed E-state index contributed by atoms with van der Waals surface area (Å²) in [4.78, 5) is 15.2. The number of carbonyl (C=O) groups excluding carboxylic acids is 1. The maximum Gasteiger partial charge on any atom is 0.258 e. The second kappa shape index (κ2) is 9.35. The molecule has 1 amide bonds. The maximum atomic E-state index is 13.3. The number of benzene rings is 3. The molecule has 6 heteroatoms. The van der Waals surface area contributed by atoms with Crippen molar-refractivity contribution in [1.82, 2.24) is 0 Å². The van der Waals surface area contributed by atoms with Gasteiger partial charge in [0.05, 0.1) is 4.90 Å². The van der Waals surface area contributed by atoms with Gasteiger partial charge in [0, 0.05) is 23.5 Å². The molecule has 0 saturated carbocycles. The Labute approximate surface area is 184 Å². The normalized spacial score (nSPS) is 11.4. The van der Waals surface area contributed by atoms with Crippen molar-refractivity contribution < 1.29 is 17.9 Å². The number of nitrogens with zero attached hydrogens (tertiary/aromatic N) is 1. The van der Waals surface area contributed by atoms with Crippen LogP contribution in [0.3, 0.4) is 0 Å². The minimum Gasteiger partial charge on any atom is -0.489 e. The fourth-order valence-corrected chi connectivity index (χ4v) is 3.96. The predicted octanol–water partition coefficient (Wildman–Crippen LogP) is 5.03. The van der Waals surface area contributed by atoms with E-state index in [4.69, 9.17) is 4.74 Å². The predicted molar refractivity (Wildman–Crippen MR) is 123 cm³/mol. The summed E-state index contributed by atoms with van der Waals surface area (Å²) in [7, 11) is -3.30. The summed E-state index contributed by atoms with van der Waals surface area (Å²) in [6.07, 6.45) is 1.16. The maximum absolute atomic E-state index is 13.3. The lowest BCUT2D eigenvalue weighted by atomic mass is 10.1. The standard InChI is InChI=1S/C25H27NO4S/c1-18(2)26(22-11-13-24(14-12-22)31(4,28)29)25(27)21-9-6-10-23(16-21)30-17-20-8-5-7-19(3)15-20/h5-16,18H,17H2,1-4H3. The van der Waals surface area contributed by atoms with Gasteiger partial charge in [0.1, 0.15) is 12.4 Å². The summed E-state index contributed by atoms with van der Waals surface area (Å²) in [5, 5.41) is 0. The van der Waals surface area contributed by atoms with Crippen LogP contribution in [0.1, 0.15) is 35.3 Å². The molecule has 3 aromatic carbocycles. The van der Waals surface area contributed by atoms with Crippen LogP contribution < -0.4 is 9.64 Å². The molecule has 0 unspecified atom stereocenters. The Morgan fingerprint density at radius 2 is 1.65 bits per heavy atom. The van der Waals surface area contributed by atoms with E-state index in [2.05, 4.69) is 6.07 Å². The van der Waals surface area contributed by atoms with Crippen LogP contribution in [-0.4, -0.2) is 26.6 Å². The molecular weight excluding hydrogens is 410 g/mol. The van der Waals surface area contributed by atoms with Crippen LogP contribution in [0.4, 0.5) is 5.69 Å². The molecule has 31 heavy (non-hydrogen) atoms. The molecule has 0 aliphatic rings. The van der Waals surface area contributed by atoms with Crippen LogP contribution in [0.15, 0.2) is 77.7 Å². The summed E-state index contributed by atoms with van der Waals surface area (Å²) in [6.45, 7) is 6.28. The van der Waals surface area contributed by atoms with Crippen molar-refractivity contribution in [3.8, 4) is 5.75 Å². The molecule has 0 fully saturated rings. The number of rotatable bonds is 7. The van der Waals surface area contributed by atoms with Gasteiger partial charge in [-0.1, -0.05) is 35.9 Å². The van der Waals surface area contributed by atoms with E-state index in [9.17, 15) is 13.2 Å². The lowest BCUT2D eigenvalue weighted by molar-refractivity contribution is 0.0979. The molecular formula is C25H27NO4S. The second-order valence-electron chi connectivity index (χ2n) is 7.84. The number of sulfone groups is 1. The lowest BCUT2D eigenvalue weighted by Gasteiger charge is -2.27. The van der Waals surface area contributed by atoms with Crippen molar-refractivity contribution in [2.45, 2.75) is 38.3 Å². The second-order valence-corrected chi connectivity index (χ2v) is 9.86. The van der Waals surface area contributed by atoms with E-state index >= 15 is 0 Å². The van der Waals surface area contributed by atoms with Gasteiger partial charge in [-0.25, -0.2) is 8.42 Å². The van der Waals surface area contributed by atoms with Gasteiger partial charge in [0.2, 0.25) is 0 Å². The van der Waals surface area contributed by atoms with Crippen LogP contribution in [0.2, 0.25) is 0 Å². The molecule has 3 aromatic rings. The van der Waals surface area contributed by atoms with E-state index in [1.807, 2.05) is 45.0 Å². The van der Waals surface area contributed by atoms with Crippen molar-refractivity contribution in [3.63, 3.8) is 0 Å². The monoisotopic (exact) mass is 437 g/mol. The molecule has 0 aromatic heterocycles. The third-order valence-corrected chi connectivity index (χ3v) is 5.98. The Kier molecular flexibility index (Phi) is 6.81. The Morgan fingerprint density at radius 3 is 2.26 bits per heavy atom. The van der Waals surface area contributed by atoms with Crippen molar-refractivity contribution >= 4 is 21.4 Å². The van der Waals surface area contributed by atoms with Gasteiger partial charge in [0.25, 0.3) is 5.91 Å². The van der Waals surface area contributed by atoms with Crippen molar-refractivity contribution in [1.29, 1.82) is 0 Å². The molecule has 0 heterocycles. The van der Waals surface area contributed by atoms with E-state index in [1.165, 1.54) is 17.7 Å². The summed E-state index contributed by atoms with van der Waals surface area (Å²) < 4.78 is 29.4. The fraction of sp³-hybridized carbons (Fsp3) is 0.240. The smallest absolute Gasteiger partial charge is 0.258 e. The van der Waals surface area contributed by atoms with Gasteiger partial charge in [-0.2, -0.15) is 0 Å². The number of hydrogen-bond donors (Lipinski definition) is 0. The molecule has 0 radical (unpaired) electrons. The number of carbonyl (C=O) groups is 1. The molecule has 162 valence electrons. The summed E-state index contributed by atoms with van der Waals surface area (Å²) in [5.41, 5.74) is 3.37. The highest BCUT2D eigenvalue weighted by atomic mass is 32.2. The van der Waals surface area contributed by atoms with Crippen LogP contribution >= 0.6 is 0 Å². The zero-order chi connectivity index (χ0) is 22.6. The average molecular weight is 438 g/mol. The molecule has 0 bridgehead atoms. The Morgan fingerprint density at radius 1 is 0.968 bits per heavy atom. The van der Waals surface area contributed by atoms with E-state index in [-0.39, 0.29) is 16.8 Å². The summed E-state index contributed by atoms with van der Waals surface area (Å²) in [6, 6.07) is 21.4. The summed E-state index contributed by atoms with van der Waals surface area (Å²) >= 11 is 0.